The van der Waals surface area contributed by atoms with Gasteiger partial charge < -0.3 is 9.88 Å². The Labute approximate surface area is 196 Å². The second-order valence-corrected chi connectivity index (χ2v) is 8.46. The van der Waals surface area contributed by atoms with E-state index in [-0.39, 0.29) is 0 Å². The summed E-state index contributed by atoms with van der Waals surface area (Å²) in [5, 5.41) is 5.87. The number of fused-ring (bicyclic) bond motifs is 1. The Balaban J connectivity index is 1.66. The van der Waals surface area contributed by atoms with Gasteiger partial charge in [-0.25, -0.2) is 9.97 Å². The first-order valence-electron chi connectivity index (χ1n) is 10.3. The lowest BCUT2D eigenvalue weighted by Gasteiger charge is -2.10. The molecular weight excluding hydrogens is 439 g/mol. The number of nitrogens with one attached hydrogen (secondary N) is 1. The van der Waals surface area contributed by atoms with Crippen molar-refractivity contribution in [3.05, 3.63) is 106 Å². The first-order chi connectivity index (χ1) is 15.6. The molecule has 158 valence electrons. The highest BCUT2D eigenvalue weighted by atomic mass is 35.5. The first kappa shape index (κ1) is 20.6. The van der Waals surface area contributed by atoms with E-state index >= 15 is 0 Å². The predicted octanol–water partition coefficient (Wildman–Crippen LogP) is 7.31. The monoisotopic (exact) mass is 458 g/mol. The Bertz CT molecular complexity index is 1410. The van der Waals surface area contributed by atoms with Crippen molar-refractivity contribution in [1.29, 1.82) is 0 Å². The quantitative estimate of drug-likeness (QED) is 0.300. The van der Waals surface area contributed by atoms with Crippen molar-refractivity contribution in [2.75, 3.05) is 5.32 Å². The zero-order chi connectivity index (χ0) is 22.1. The number of aryl methyl sites for hydroxylation is 1. The summed E-state index contributed by atoms with van der Waals surface area (Å²) in [6.45, 7) is 2.59. The van der Waals surface area contributed by atoms with Gasteiger partial charge in [-0.1, -0.05) is 71.7 Å². The summed E-state index contributed by atoms with van der Waals surface area (Å²) in [6.07, 6.45) is 3.68. The fraction of sp³-hybridized carbons (Fsp3) is 0.0769. The van der Waals surface area contributed by atoms with Crippen LogP contribution in [0.25, 0.3) is 27.8 Å². The van der Waals surface area contributed by atoms with Crippen LogP contribution in [0.2, 0.25) is 10.0 Å². The van der Waals surface area contributed by atoms with E-state index < -0.39 is 0 Å². The predicted molar refractivity (Wildman–Crippen MR) is 133 cm³/mol. The summed E-state index contributed by atoms with van der Waals surface area (Å²) in [5.41, 5.74) is 6.02. The van der Waals surface area contributed by atoms with Crippen LogP contribution in [-0.2, 0) is 6.54 Å². The highest BCUT2D eigenvalue weighted by molar-refractivity contribution is 6.31. The molecule has 5 rings (SSSR count). The number of hydrogen-bond donors (Lipinski definition) is 1. The lowest BCUT2D eigenvalue weighted by Crippen LogP contribution is -2.03. The molecule has 0 spiro atoms. The molecule has 5 aromatic rings. The van der Waals surface area contributed by atoms with E-state index in [0.29, 0.717) is 11.6 Å². The third-order valence-electron chi connectivity index (χ3n) is 5.45. The van der Waals surface area contributed by atoms with Crippen LogP contribution in [0.15, 0.2) is 85.3 Å². The van der Waals surface area contributed by atoms with Gasteiger partial charge in [0.25, 0.3) is 0 Å². The van der Waals surface area contributed by atoms with Gasteiger partial charge in [-0.3, -0.25) is 0 Å². The Morgan fingerprint density at radius 1 is 0.906 bits per heavy atom. The molecule has 6 heteroatoms. The van der Waals surface area contributed by atoms with E-state index in [2.05, 4.69) is 44.2 Å². The van der Waals surface area contributed by atoms with Crippen LogP contribution in [0.5, 0.6) is 0 Å². The minimum absolute atomic E-state index is 0.600. The minimum Gasteiger partial charge on any atom is -0.365 e. The molecule has 2 heterocycles. The molecule has 0 atom stereocenters. The first-order valence-corrected chi connectivity index (χ1v) is 11.0. The van der Waals surface area contributed by atoms with E-state index in [1.807, 2.05) is 61.5 Å². The fourth-order valence-corrected chi connectivity index (χ4v) is 4.18. The van der Waals surface area contributed by atoms with Gasteiger partial charge in [0.2, 0.25) is 0 Å². The summed E-state index contributed by atoms with van der Waals surface area (Å²) >= 11 is 12.6. The second kappa shape index (κ2) is 8.65. The molecule has 32 heavy (non-hydrogen) atoms. The zero-order valence-corrected chi connectivity index (χ0v) is 18.9. The zero-order valence-electron chi connectivity index (χ0n) is 17.4. The van der Waals surface area contributed by atoms with Crippen LogP contribution < -0.4 is 5.32 Å². The van der Waals surface area contributed by atoms with Crippen molar-refractivity contribution >= 4 is 40.1 Å². The standard InChI is InChI=1S/C26H20Cl2N4/c1-17-10-11-21(13-23(17)28)32-15-22(19-7-3-2-4-8-19)24-25(30-16-31-26(24)32)29-14-18-6-5-9-20(27)12-18/h2-13,15-16H,14H2,1H3,(H,29,30,31). The van der Waals surface area contributed by atoms with Crippen LogP contribution in [0.1, 0.15) is 11.1 Å². The van der Waals surface area contributed by atoms with Crippen molar-refractivity contribution in [3.63, 3.8) is 0 Å². The largest absolute Gasteiger partial charge is 0.365 e. The molecule has 0 bridgehead atoms. The van der Waals surface area contributed by atoms with Crippen LogP contribution in [0.4, 0.5) is 5.82 Å². The lowest BCUT2D eigenvalue weighted by molar-refractivity contribution is 1.06. The van der Waals surface area contributed by atoms with Crippen LogP contribution in [0.3, 0.4) is 0 Å². The Hall–Kier alpha value is -3.34. The number of nitrogens with zero attached hydrogens (tertiary/aromatic N) is 3. The van der Waals surface area contributed by atoms with Crippen molar-refractivity contribution < 1.29 is 0 Å². The highest BCUT2D eigenvalue weighted by Crippen LogP contribution is 2.36. The Morgan fingerprint density at radius 2 is 1.75 bits per heavy atom. The summed E-state index contributed by atoms with van der Waals surface area (Å²) in [6, 6.07) is 24.1. The van der Waals surface area contributed by atoms with Gasteiger partial charge >= 0.3 is 0 Å². The average Bonchev–Trinajstić information content (AvgIpc) is 3.20. The number of anilines is 1. The molecule has 3 aromatic carbocycles. The van der Waals surface area contributed by atoms with E-state index in [4.69, 9.17) is 23.2 Å². The number of aromatic nitrogens is 3. The van der Waals surface area contributed by atoms with E-state index in [1.165, 1.54) is 0 Å². The van der Waals surface area contributed by atoms with Gasteiger partial charge in [-0.15, -0.1) is 0 Å². The van der Waals surface area contributed by atoms with Crippen molar-refractivity contribution in [1.82, 2.24) is 14.5 Å². The molecule has 0 fully saturated rings. The molecule has 0 radical (unpaired) electrons. The van der Waals surface area contributed by atoms with Gasteiger partial charge in [-0.2, -0.15) is 0 Å². The van der Waals surface area contributed by atoms with Gasteiger partial charge in [0.1, 0.15) is 12.1 Å². The maximum Gasteiger partial charge on any atom is 0.150 e. The maximum atomic E-state index is 6.43. The number of benzene rings is 3. The Kier molecular flexibility index (Phi) is 5.56. The summed E-state index contributed by atoms with van der Waals surface area (Å²) in [5.74, 6) is 0.769. The molecule has 0 aliphatic carbocycles. The summed E-state index contributed by atoms with van der Waals surface area (Å²) in [7, 11) is 0. The summed E-state index contributed by atoms with van der Waals surface area (Å²) < 4.78 is 2.06. The molecular formula is C26H20Cl2N4. The second-order valence-electron chi connectivity index (χ2n) is 7.62. The van der Waals surface area contributed by atoms with Crippen molar-refractivity contribution in [2.45, 2.75) is 13.5 Å². The minimum atomic E-state index is 0.600. The molecule has 0 aliphatic rings. The molecule has 0 saturated carbocycles. The van der Waals surface area contributed by atoms with Gasteiger partial charge in [-0.05, 0) is 47.9 Å². The maximum absolute atomic E-state index is 6.43. The van der Waals surface area contributed by atoms with Crippen LogP contribution in [0, 0.1) is 6.92 Å². The van der Waals surface area contributed by atoms with Gasteiger partial charge in [0, 0.05) is 34.0 Å². The molecule has 1 N–H and O–H groups in total. The fourth-order valence-electron chi connectivity index (χ4n) is 3.79. The third kappa shape index (κ3) is 3.95. The highest BCUT2D eigenvalue weighted by Gasteiger charge is 2.17. The van der Waals surface area contributed by atoms with Crippen LogP contribution >= 0.6 is 23.2 Å². The molecule has 0 saturated heterocycles. The van der Waals surface area contributed by atoms with Gasteiger partial charge in [0.15, 0.2) is 5.65 Å². The molecule has 0 amide bonds. The number of rotatable bonds is 5. The Morgan fingerprint density at radius 3 is 2.53 bits per heavy atom. The SMILES string of the molecule is Cc1ccc(-n2cc(-c3ccccc3)c3c(NCc4cccc(Cl)c4)ncnc32)cc1Cl. The normalized spacial score (nSPS) is 11.1. The number of hydrogen-bond acceptors (Lipinski definition) is 3. The smallest absolute Gasteiger partial charge is 0.150 e. The molecule has 0 unspecified atom stereocenters. The topological polar surface area (TPSA) is 42.7 Å². The molecule has 4 nitrogen and oxygen atoms in total. The van der Waals surface area contributed by atoms with E-state index in [0.717, 1.165) is 49.8 Å². The lowest BCUT2D eigenvalue weighted by atomic mass is 10.1. The van der Waals surface area contributed by atoms with Crippen LogP contribution in [-0.4, -0.2) is 14.5 Å². The third-order valence-corrected chi connectivity index (χ3v) is 6.09. The summed E-state index contributed by atoms with van der Waals surface area (Å²) in [4.78, 5) is 9.21. The van der Waals surface area contributed by atoms with E-state index in [9.17, 15) is 0 Å². The van der Waals surface area contributed by atoms with E-state index in [1.54, 1.807) is 6.33 Å². The molecule has 0 aliphatic heterocycles. The number of halogens is 2. The van der Waals surface area contributed by atoms with Crippen molar-refractivity contribution in [2.24, 2.45) is 0 Å². The van der Waals surface area contributed by atoms with Gasteiger partial charge in [0.05, 0.1) is 5.39 Å². The average molecular weight is 459 g/mol. The molecule has 2 aromatic heterocycles. The van der Waals surface area contributed by atoms with Crippen molar-refractivity contribution in [3.8, 4) is 16.8 Å².